The molecule has 2 aromatic rings. The molecule has 0 spiro atoms. The number of hydrogen-bond acceptors (Lipinski definition) is 8. The van der Waals surface area contributed by atoms with E-state index in [1.165, 1.54) is 10.5 Å². The van der Waals surface area contributed by atoms with Gasteiger partial charge in [0.15, 0.2) is 9.84 Å². The molecule has 2 aliphatic rings. The molecular weight excluding hydrogens is 422 g/mol. The van der Waals surface area contributed by atoms with E-state index in [0.29, 0.717) is 44.2 Å². The van der Waals surface area contributed by atoms with Crippen molar-refractivity contribution in [1.82, 2.24) is 14.7 Å². The molecule has 4 heterocycles. The van der Waals surface area contributed by atoms with Crippen LogP contribution in [-0.2, 0) is 19.4 Å². The highest BCUT2D eigenvalue weighted by molar-refractivity contribution is 7.91. The number of nitrogens with one attached hydrogen (secondary N) is 1. The minimum atomic E-state index is -3.18. The van der Waals surface area contributed by atoms with Crippen LogP contribution in [0.5, 0.6) is 0 Å². The van der Waals surface area contributed by atoms with E-state index in [-0.39, 0.29) is 22.6 Å². The predicted molar refractivity (Wildman–Crippen MR) is 113 cm³/mol. The van der Waals surface area contributed by atoms with Gasteiger partial charge in [0.2, 0.25) is 0 Å². The fourth-order valence-electron chi connectivity index (χ4n) is 3.70. The summed E-state index contributed by atoms with van der Waals surface area (Å²) in [4.78, 5) is 32.3. The van der Waals surface area contributed by atoms with E-state index in [0.717, 1.165) is 0 Å². The SMILES string of the molecule is N#C/C(=C\c1c(N2CCOCC2)nc2ccccn2c1=O)C(=O)NC1CCS(=O)(=O)C1. The third-order valence-electron chi connectivity index (χ3n) is 5.28. The van der Waals surface area contributed by atoms with Crippen molar-refractivity contribution in [1.29, 1.82) is 5.26 Å². The fourth-order valence-corrected chi connectivity index (χ4v) is 5.37. The second kappa shape index (κ2) is 8.49. The number of nitrogens with zero attached hydrogens (tertiary/aromatic N) is 4. The molecular formula is C20H21N5O5S. The van der Waals surface area contributed by atoms with Crippen LogP contribution in [0.1, 0.15) is 12.0 Å². The second-order valence-electron chi connectivity index (χ2n) is 7.43. The summed E-state index contributed by atoms with van der Waals surface area (Å²) in [5, 5.41) is 12.2. The molecule has 1 N–H and O–H groups in total. The van der Waals surface area contributed by atoms with Gasteiger partial charge in [-0.05, 0) is 24.6 Å². The van der Waals surface area contributed by atoms with Crippen molar-refractivity contribution in [2.45, 2.75) is 12.5 Å². The molecule has 4 rings (SSSR count). The zero-order chi connectivity index (χ0) is 22.0. The van der Waals surface area contributed by atoms with E-state index in [1.54, 1.807) is 24.4 Å². The van der Waals surface area contributed by atoms with Crippen LogP contribution in [0.2, 0.25) is 0 Å². The lowest BCUT2D eigenvalue weighted by molar-refractivity contribution is -0.117. The highest BCUT2D eigenvalue weighted by Gasteiger charge is 2.30. The minimum Gasteiger partial charge on any atom is -0.378 e. The summed E-state index contributed by atoms with van der Waals surface area (Å²) in [6, 6.07) is 6.44. The number of carbonyl (C=O) groups is 1. The maximum absolute atomic E-state index is 13.2. The van der Waals surface area contributed by atoms with E-state index < -0.39 is 27.3 Å². The first-order valence-electron chi connectivity index (χ1n) is 9.85. The molecule has 11 heteroatoms. The van der Waals surface area contributed by atoms with Gasteiger partial charge in [-0.15, -0.1) is 0 Å². The van der Waals surface area contributed by atoms with E-state index in [2.05, 4.69) is 10.3 Å². The van der Waals surface area contributed by atoms with Crippen LogP contribution in [0.25, 0.3) is 11.7 Å². The predicted octanol–water partition coefficient (Wildman–Crippen LogP) is -0.259. The maximum atomic E-state index is 13.2. The molecule has 162 valence electrons. The number of carbonyl (C=O) groups excluding carboxylic acids is 1. The Labute approximate surface area is 178 Å². The lowest BCUT2D eigenvalue weighted by Gasteiger charge is -2.29. The van der Waals surface area contributed by atoms with Gasteiger partial charge >= 0.3 is 0 Å². The Morgan fingerprint density at radius 2 is 2.10 bits per heavy atom. The van der Waals surface area contributed by atoms with E-state index in [4.69, 9.17) is 4.74 Å². The zero-order valence-electron chi connectivity index (χ0n) is 16.7. The van der Waals surface area contributed by atoms with Gasteiger partial charge in [0.25, 0.3) is 11.5 Å². The largest absolute Gasteiger partial charge is 0.378 e. The standard InChI is InChI=1S/C20H21N5O5S/c21-12-14(19(26)22-15-4-10-31(28,29)13-15)11-16-18(24-6-8-30-9-7-24)23-17-3-1-2-5-25(17)20(16)27/h1-3,5,11,15H,4,6-10,13H2,(H,22,26)/b14-11+. The number of nitriles is 1. The lowest BCUT2D eigenvalue weighted by Crippen LogP contribution is -2.39. The molecule has 10 nitrogen and oxygen atoms in total. The molecule has 0 saturated carbocycles. The molecule has 1 amide bonds. The molecule has 0 radical (unpaired) electrons. The molecule has 0 aliphatic carbocycles. The van der Waals surface area contributed by atoms with Gasteiger partial charge in [-0.1, -0.05) is 6.07 Å². The quantitative estimate of drug-likeness (QED) is 0.505. The smallest absolute Gasteiger partial charge is 0.267 e. The first-order valence-corrected chi connectivity index (χ1v) is 11.7. The molecule has 2 aromatic heterocycles. The Kier molecular flexibility index (Phi) is 5.75. The van der Waals surface area contributed by atoms with Crippen LogP contribution in [-0.4, -0.2) is 67.6 Å². The number of sulfone groups is 1. The van der Waals surface area contributed by atoms with Crippen LogP contribution < -0.4 is 15.8 Å². The average molecular weight is 443 g/mol. The van der Waals surface area contributed by atoms with Crippen LogP contribution in [0.3, 0.4) is 0 Å². The number of pyridine rings is 1. The molecule has 31 heavy (non-hydrogen) atoms. The third-order valence-corrected chi connectivity index (χ3v) is 7.05. The van der Waals surface area contributed by atoms with Gasteiger partial charge in [-0.3, -0.25) is 14.0 Å². The van der Waals surface area contributed by atoms with Gasteiger partial charge in [0.1, 0.15) is 23.1 Å². The Hall–Kier alpha value is -3.23. The van der Waals surface area contributed by atoms with Gasteiger partial charge < -0.3 is 15.0 Å². The number of morpholine rings is 1. The number of aromatic nitrogens is 2. The monoisotopic (exact) mass is 443 g/mol. The minimum absolute atomic E-state index is 0.000664. The van der Waals surface area contributed by atoms with E-state index >= 15 is 0 Å². The topological polar surface area (TPSA) is 134 Å². The van der Waals surface area contributed by atoms with Crippen LogP contribution in [0.4, 0.5) is 5.82 Å². The summed E-state index contributed by atoms with van der Waals surface area (Å²) in [7, 11) is -3.18. The Balaban J connectivity index is 1.74. The van der Waals surface area contributed by atoms with Crippen LogP contribution in [0, 0.1) is 11.3 Å². The molecule has 1 unspecified atom stereocenters. The van der Waals surface area contributed by atoms with E-state index in [9.17, 15) is 23.3 Å². The number of anilines is 1. The first kappa shape index (κ1) is 21.0. The number of amides is 1. The van der Waals surface area contributed by atoms with E-state index in [1.807, 2.05) is 11.0 Å². The molecule has 0 bridgehead atoms. The number of fused-ring (bicyclic) bond motifs is 1. The lowest BCUT2D eigenvalue weighted by atomic mass is 10.1. The second-order valence-corrected chi connectivity index (χ2v) is 9.65. The molecule has 2 aliphatic heterocycles. The molecule has 2 fully saturated rings. The zero-order valence-corrected chi connectivity index (χ0v) is 17.5. The Bertz CT molecular complexity index is 1250. The van der Waals surface area contributed by atoms with Crippen molar-refractivity contribution in [2.75, 3.05) is 42.7 Å². The average Bonchev–Trinajstić information content (AvgIpc) is 3.11. The summed E-state index contributed by atoms with van der Waals surface area (Å²) < 4.78 is 30.0. The van der Waals surface area contributed by atoms with Crippen LogP contribution in [0.15, 0.2) is 34.8 Å². The number of rotatable bonds is 4. The van der Waals surface area contributed by atoms with Crippen molar-refractivity contribution in [3.05, 3.63) is 45.9 Å². The summed E-state index contributed by atoms with van der Waals surface area (Å²) in [6.45, 7) is 1.98. The summed E-state index contributed by atoms with van der Waals surface area (Å²) in [5.74, 6) is -0.490. The maximum Gasteiger partial charge on any atom is 0.267 e. The van der Waals surface area contributed by atoms with Crippen molar-refractivity contribution >= 4 is 33.3 Å². The number of ether oxygens (including phenoxy) is 1. The third kappa shape index (κ3) is 4.45. The van der Waals surface area contributed by atoms with Gasteiger partial charge in [0, 0.05) is 25.3 Å². The van der Waals surface area contributed by atoms with Gasteiger partial charge in [-0.25, -0.2) is 13.4 Å². The normalized spacial score (nSPS) is 21.1. The molecule has 1 atom stereocenters. The van der Waals surface area contributed by atoms with Crippen molar-refractivity contribution in [2.24, 2.45) is 0 Å². The summed E-state index contributed by atoms with van der Waals surface area (Å²) >= 11 is 0. The van der Waals surface area contributed by atoms with Crippen molar-refractivity contribution in [3.63, 3.8) is 0 Å². The Morgan fingerprint density at radius 1 is 1.32 bits per heavy atom. The highest BCUT2D eigenvalue weighted by Crippen LogP contribution is 2.20. The van der Waals surface area contributed by atoms with Gasteiger partial charge in [0.05, 0.1) is 30.3 Å². The number of hydrogen-bond donors (Lipinski definition) is 1. The highest BCUT2D eigenvalue weighted by atomic mass is 32.2. The Morgan fingerprint density at radius 3 is 2.77 bits per heavy atom. The summed E-state index contributed by atoms with van der Waals surface area (Å²) in [5.41, 5.74) is -0.119. The van der Waals surface area contributed by atoms with Gasteiger partial charge in [-0.2, -0.15) is 5.26 Å². The fraction of sp³-hybridized carbons (Fsp3) is 0.400. The summed E-state index contributed by atoms with van der Waals surface area (Å²) in [6.07, 6.45) is 3.10. The first-order chi connectivity index (χ1) is 14.9. The van der Waals surface area contributed by atoms with Crippen molar-refractivity contribution in [3.8, 4) is 6.07 Å². The molecule has 2 saturated heterocycles. The molecule has 0 aromatic carbocycles. The van der Waals surface area contributed by atoms with Crippen molar-refractivity contribution < 1.29 is 17.9 Å². The van der Waals surface area contributed by atoms with Crippen LogP contribution >= 0.6 is 0 Å².